The Hall–Kier alpha value is -3.20. The minimum absolute atomic E-state index is 0.0759. The summed E-state index contributed by atoms with van der Waals surface area (Å²) in [7, 11) is 4.13. The number of nitrogens with zero attached hydrogens (tertiary/aromatic N) is 5. The lowest BCUT2D eigenvalue weighted by atomic mass is 9.91. The Labute approximate surface area is 212 Å². The van der Waals surface area contributed by atoms with Crippen molar-refractivity contribution in [1.29, 1.82) is 0 Å². The maximum Gasteiger partial charge on any atom is 0.253 e. The van der Waals surface area contributed by atoms with Crippen molar-refractivity contribution >= 4 is 29.3 Å². The van der Waals surface area contributed by atoms with Crippen LogP contribution in [-0.2, 0) is 11.2 Å². The molecular weight excluding hydrogens is 454 g/mol. The Bertz CT molecular complexity index is 1160. The van der Waals surface area contributed by atoms with Crippen molar-refractivity contribution in [2.75, 3.05) is 43.9 Å². The number of rotatable bonds is 5. The summed E-state index contributed by atoms with van der Waals surface area (Å²) >= 11 is 0. The molecule has 2 saturated heterocycles. The fourth-order valence-electron chi connectivity index (χ4n) is 6.49. The van der Waals surface area contributed by atoms with E-state index < -0.39 is 5.54 Å². The summed E-state index contributed by atoms with van der Waals surface area (Å²) in [5.41, 5.74) is 2.05. The number of likely N-dealkylation sites (tertiary alicyclic amines) is 1. The smallest absolute Gasteiger partial charge is 0.253 e. The molecule has 6 rings (SSSR count). The molecule has 1 aromatic heterocycles. The zero-order chi connectivity index (χ0) is 24.9. The van der Waals surface area contributed by atoms with Crippen molar-refractivity contribution in [3.05, 3.63) is 41.6 Å². The fourth-order valence-corrected chi connectivity index (χ4v) is 6.49. The molecule has 36 heavy (non-hydrogen) atoms. The molecule has 3 fully saturated rings. The summed E-state index contributed by atoms with van der Waals surface area (Å²) in [4.78, 5) is 41.9. The standard InChI is InChI=1S/C27H35N7O2/c1-32(2)22-11-14-33(17-22)24(35)18-7-9-20(10-8-18)30-26-29-16-19-15-27(12-13-28-25(27)36)34(23(19)31-26)21-5-3-4-6-21/h7-10,16,21-22H,3-6,11-15,17H2,1-2H3,(H,28,36)(H,29,30,31)/t22-,27+/m0/s1. The van der Waals surface area contributed by atoms with E-state index in [4.69, 9.17) is 4.98 Å². The van der Waals surface area contributed by atoms with E-state index in [0.29, 0.717) is 36.6 Å². The van der Waals surface area contributed by atoms with Gasteiger partial charge in [-0.3, -0.25) is 9.59 Å². The summed E-state index contributed by atoms with van der Waals surface area (Å²) in [6, 6.07) is 8.31. The van der Waals surface area contributed by atoms with Crippen LogP contribution in [0.4, 0.5) is 17.5 Å². The number of fused-ring (bicyclic) bond motifs is 1. The van der Waals surface area contributed by atoms with Crippen LogP contribution >= 0.6 is 0 Å². The number of carbonyl (C=O) groups is 2. The van der Waals surface area contributed by atoms with Crippen molar-refractivity contribution in [2.24, 2.45) is 0 Å². The van der Waals surface area contributed by atoms with E-state index in [2.05, 4.69) is 39.5 Å². The quantitative estimate of drug-likeness (QED) is 0.667. The number of hydrogen-bond donors (Lipinski definition) is 2. The van der Waals surface area contributed by atoms with E-state index in [0.717, 1.165) is 55.8 Å². The highest BCUT2D eigenvalue weighted by molar-refractivity contribution is 5.95. The number of nitrogens with one attached hydrogen (secondary N) is 2. The van der Waals surface area contributed by atoms with Crippen LogP contribution in [0.25, 0.3) is 0 Å². The van der Waals surface area contributed by atoms with Gasteiger partial charge in [0.25, 0.3) is 5.91 Å². The van der Waals surface area contributed by atoms with Gasteiger partial charge in [0.2, 0.25) is 11.9 Å². The van der Waals surface area contributed by atoms with Gasteiger partial charge in [-0.15, -0.1) is 0 Å². The first-order chi connectivity index (χ1) is 17.4. The Morgan fingerprint density at radius 1 is 1.17 bits per heavy atom. The van der Waals surface area contributed by atoms with Crippen LogP contribution in [0.1, 0.15) is 54.4 Å². The van der Waals surface area contributed by atoms with Gasteiger partial charge in [-0.2, -0.15) is 4.98 Å². The average Bonchev–Trinajstić information content (AvgIpc) is 3.67. The normalized spacial score (nSPS) is 25.8. The third kappa shape index (κ3) is 3.89. The molecule has 4 heterocycles. The minimum atomic E-state index is -0.520. The van der Waals surface area contributed by atoms with Crippen molar-refractivity contribution < 1.29 is 9.59 Å². The lowest BCUT2D eigenvalue weighted by Gasteiger charge is -2.38. The molecular formula is C27H35N7O2. The highest BCUT2D eigenvalue weighted by Crippen LogP contribution is 2.46. The second-order valence-corrected chi connectivity index (χ2v) is 10.9. The van der Waals surface area contributed by atoms with Crippen LogP contribution in [0.15, 0.2) is 30.5 Å². The summed E-state index contributed by atoms with van der Waals surface area (Å²) in [6.45, 7) is 2.28. The van der Waals surface area contributed by atoms with Crippen molar-refractivity contribution in [3.8, 4) is 0 Å². The predicted octanol–water partition coefficient (Wildman–Crippen LogP) is 2.56. The van der Waals surface area contributed by atoms with Gasteiger partial charge >= 0.3 is 0 Å². The van der Waals surface area contributed by atoms with Crippen LogP contribution in [0.3, 0.4) is 0 Å². The molecule has 2 atom stereocenters. The van der Waals surface area contributed by atoms with Crippen LogP contribution in [0, 0.1) is 0 Å². The number of carbonyl (C=O) groups excluding carboxylic acids is 2. The number of aromatic nitrogens is 2. The Morgan fingerprint density at radius 3 is 2.61 bits per heavy atom. The SMILES string of the molecule is CN(C)[C@H]1CCN(C(=O)c2ccc(Nc3ncc4c(n3)N(C3CCCC3)[C@]3(CCNC3=O)C4)cc2)C1. The van der Waals surface area contributed by atoms with Gasteiger partial charge in [0.05, 0.1) is 0 Å². The zero-order valence-corrected chi connectivity index (χ0v) is 21.2. The van der Waals surface area contributed by atoms with E-state index in [1.54, 1.807) is 0 Å². The number of hydrogen-bond acceptors (Lipinski definition) is 7. The molecule has 9 heteroatoms. The van der Waals surface area contributed by atoms with Crippen molar-refractivity contribution in [1.82, 2.24) is 25.1 Å². The summed E-state index contributed by atoms with van der Waals surface area (Å²) in [5, 5.41) is 6.37. The molecule has 1 spiro atoms. The summed E-state index contributed by atoms with van der Waals surface area (Å²) in [5.74, 6) is 1.61. The highest BCUT2D eigenvalue weighted by atomic mass is 16.2. The summed E-state index contributed by atoms with van der Waals surface area (Å²) < 4.78 is 0. The van der Waals surface area contributed by atoms with E-state index in [1.807, 2.05) is 35.4 Å². The second-order valence-electron chi connectivity index (χ2n) is 10.9. The molecule has 190 valence electrons. The van der Waals surface area contributed by atoms with Crippen LogP contribution in [-0.4, -0.2) is 82.9 Å². The molecule has 2 aromatic rings. The molecule has 4 aliphatic rings. The topological polar surface area (TPSA) is 93.7 Å². The molecule has 3 aliphatic heterocycles. The third-order valence-corrected chi connectivity index (χ3v) is 8.52. The molecule has 0 bridgehead atoms. The number of anilines is 3. The largest absolute Gasteiger partial charge is 0.354 e. The summed E-state index contributed by atoms with van der Waals surface area (Å²) in [6.07, 6.45) is 8.96. The molecule has 1 saturated carbocycles. The van der Waals surface area contributed by atoms with Gasteiger partial charge in [0.1, 0.15) is 11.4 Å². The minimum Gasteiger partial charge on any atom is -0.354 e. The Morgan fingerprint density at radius 2 is 1.94 bits per heavy atom. The van der Waals surface area contributed by atoms with Crippen LogP contribution < -0.4 is 15.5 Å². The van der Waals surface area contributed by atoms with Crippen LogP contribution in [0.2, 0.25) is 0 Å². The van der Waals surface area contributed by atoms with Gasteiger partial charge in [-0.1, -0.05) is 12.8 Å². The van der Waals surface area contributed by atoms with Gasteiger partial charge in [-0.25, -0.2) is 4.98 Å². The lowest BCUT2D eigenvalue weighted by Crippen LogP contribution is -2.56. The van der Waals surface area contributed by atoms with Gasteiger partial charge in [-0.05, 0) is 64.0 Å². The Kier molecular flexibility index (Phi) is 5.82. The molecule has 0 unspecified atom stereocenters. The molecule has 9 nitrogen and oxygen atoms in total. The maximum atomic E-state index is 13.0. The third-order valence-electron chi connectivity index (χ3n) is 8.52. The van der Waals surface area contributed by atoms with E-state index >= 15 is 0 Å². The lowest BCUT2D eigenvalue weighted by molar-refractivity contribution is -0.123. The van der Waals surface area contributed by atoms with E-state index in [-0.39, 0.29) is 11.8 Å². The molecule has 0 radical (unpaired) electrons. The first-order valence-corrected chi connectivity index (χ1v) is 13.2. The fraction of sp³-hybridized carbons (Fsp3) is 0.556. The van der Waals surface area contributed by atoms with Gasteiger partial charge in [0.15, 0.2) is 0 Å². The first kappa shape index (κ1) is 23.2. The van der Waals surface area contributed by atoms with E-state index in [1.165, 1.54) is 12.8 Å². The van der Waals surface area contributed by atoms with Gasteiger partial charge in [0, 0.05) is 61.1 Å². The Balaban J connectivity index is 1.19. The predicted molar refractivity (Wildman–Crippen MR) is 139 cm³/mol. The first-order valence-electron chi connectivity index (χ1n) is 13.2. The van der Waals surface area contributed by atoms with Crippen molar-refractivity contribution in [2.45, 2.75) is 62.6 Å². The monoisotopic (exact) mass is 489 g/mol. The van der Waals surface area contributed by atoms with Gasteiger partial charge < -0.3 is 25.3 Å². The molecule has 2 amide bonds. The van der Waals surface area contributed by atoms with Crippen LogP contribution in [0.5, 0.6) is 0 Å². The number of amides is 2. The number of likely N-dealkylation sites (N-methyl/N-ethyl adjacent to an activating group) is 1. The average molecular weight is 490 g/mol. The molecule has 2 N–H and O–H groups in total. The number of benzene rings is 1. The molecule has 1 aliphatic carbocycles. The van der Waals surface area contributed by atoms with Crippen molar-refractivity contribution in [3.63, 3.8) is 0 Å². The maximum absolute atomic E-state index is 13.0. The molecule has 1 aromatic carbocycles. The highest BCUT2D eigenvalue weighted by Gasteiger charge is 2.55. The second kappa shape index (κ2) is 9.03. The van der Waals surface area contributed by atoms with E-state index in [9.17, 15) is 9.59 Å². The zero-order valence-electron chi connectivity index (χ0n) is 21.2.